The van der Waals surface area contributed by atoms with Crippen molar-refractivity contribution in [2.75, 3.05) is 32.6 Å². The van der Waals surface area contributed by atoms with E-state index in [0.717, 1.165) is 31.6 Å². The summed E-state index contributed by atoms with van der Waals surface area (Å²) in [4.78, 5) is 6.37. The van der Waals surface area contributed by atoms with Gasteiger partial charge in [0.2, 0.25) is 0 Å². The number of halogens is 3. The van der Waals surface area contributed by atoms with E-state index in [1.807, 2.05) is 13.1 Å². The molecule has 158 valence electrons. The third-order valence-corrected chi connectivity index (χ3v) is 5.11. The summed E-state index contributed by atoms with van der Waals surface area (Å²) in [6, 6.07) is 10.6. The monoisotopic (exact) mass is 417 g/mol. The lowest BCUT2D eigenvalue weighted by atomic mass is 10.1. The maximum atomic E-state index is 13.2. The smallest absolute Gasteiger partial charge is 0.416 e. The van der Waals surface area contributed by atoms with Gasteiger partial charge in [-0.05, 0) is 37.7 Å². The average molecular weight is 417 g/mol. The normalized spacial score (nSPS) is 17.3. The number of fused-ring (bicyclic) bond motifs is 1. The summed E-state index contributed by atoms with van der Waals surface area (Å²) in [6.45, 7) is 1.82. The maximum Gasteiger partial charge on any atom is 0.416 e. The van der Waals surface area contributed by atoms with Crippen molar-refractivity contribution in [2.24, 2.45) is 0 Å². The van der Waals surface area contributed by atoms with Crippen molar-refractivity contribution in [3.05, 3.63) is 54.2 Å². The average Bonchev–Trinajstić information content (AvgIpc) is 3.11. The van der Waals surface area contributed by atoms with Crippen LogP contribution in [0.4, 0.5) is 24.5 Å². The number of aromatic nitrogens is 1. The molecule has 5 nitrogen and oxygen atoms in total. The van der Waals surface area contributed by atoms with Crippen LogP contribution < -0.4 is 14.8 Å². The van der Waals surface area contributed by atoms with Crippen LogP contribution >= 0.6 is 0 Å². The second-order valence-electron chi connectivity index (χ2n) is 7.40. The fourth-order valence-corrected chi connectivity index (χ4v) is 3.60. The lowest BCUT2D eigenvalue weighted by molar-refractivity contribution is -0.137. The zero-order valence-corrected chi connectivity index (χ0v) is 16.7. The van der Waals surface area contributed by atoms with Crippen LogP contribution in [0.25, 0.3) is 10.9 Å². The molecule has 0 bridgehead atoms. The number of nitrogens with one attached hydrogen (secondary N) is 1. The molecule has 4 rings (SSSR count). The first-order valence-electron chi connectivity index (χ1n) is 9.59. The van der Waals surface area contributed by atoms with Crippen molar-refractivity contribution >= 4 is 22.3 Å². The highest BCUT2D eigenvalue weighted by molar-refractivity contribution is 5.93. The quantitative estimate of drug-likeness (QED) is 0.627. The minimum absolute atomic E-state index is 0.0889. The summed E-state index contributed by atoms with van der Waals surface area (Å²) < 4.78 is 51.0. The SMILES string of the molecule is COc1cc(Nc2ccnc3ccc(C(F)(F)F)cc23)cc(OC2CCN(C)C2)c1. The fourth-order valence-electron chi connectivity index (χ4n) is 3.60. The van der Waals surface area contributed by atoms with E-state index in [0.29, 0.717) is 33.8 Å². The Balaban J connectivity index is 1.66. The van der Waals surface area contributed by atoms with Gasteiger partial charge in [0.15, 0.2) is 0 Å². The zero-order valence-electron chi connectivity index (χ0n) is 16.7. The molecule has 2 aromatic carbocycles. The van der Waals surface area contributed by atoms with Crippen molar-refractivity contribution in [1.82, 2.24) is 9.88 Å². The number of alkyl halides is 3. The summed E-state index contributed by atoms with van der Waals surface area (Å²) in [5.41, 5.74) is 0.930. The van der Waals surface area contributed by atoms with Gasteiger partial charge in [-0.3, -0.25) is 4.98 Å². The topological polar surface area (TPSA) is 46.6 Å². The van der Waals surface area contributed by atoms with Crippen molar-refractivity contribution in [1.29, 1.82) is 0 Å². The Morgan fingerprint density at radius 1 is 1.10 bits per heavy atom. The first-order chi connectivity index (χ1) is 14.3. The molecule has 0 spiro atoms. The number of nitrogens with zero attached hydrogens (tertiary/aromatic N) is 2. The number of rotatable bonds is 5. The van der Waals surface area contributed by atoms with Gasteiger partial charge in [-0.15, -0.1) is 0 Å². The second-order valence-corrected chi connectivity index (χ2v) is 7.40. The van der Waals surface area contributed by atoms with E-state index in [4.69, 9.17) is 9.47 Å². The summed E-state index contributed by atoms with van der Waals surface area (Å²) in [7, 11) is 3.61. The van der Waals surface area contributed by atoms with E-state index < -0.39 is 11.7 Å². The molecule has 1 fully saturated rings. The van der Waals surface area contributed by atoms with E-state index in [1.165, 1.54) is 6.07 Å². The van der Waals surface area contributed by atoms with E-state index in [-0.39, 0.29) is 6.10 Å². The molecule has 0 amide bonds. The Morgan fingerprint density at radius 2 is 1.90 bits per heavy atom. The van der Waals surface area contributed by atoms with Gasteiger partial charge >= 0.3 is 6.18 Å². The van der Waals surface area contributed by atoms with E-state index in [2.05, 4.69) is 15.2 Å². The minimum atomic E-state index is -4.42. The molecule has 8 heteroatoms. The lowest BCUT2D eigenvalue weighted by Crippen LogP contribution is -2.21. The molecular formula is C22H22F3N3O2. The van der Waals surface area contributed by atoms with Crippen molar-refractivity contribution in [2.45, 2.75) is 18.7 Å². The standard InChI is InChI=1S/C22H22F3N3O2/c1-28-8-6-16(13-28)30-18-11-15(10-17(12-18)29-2)27-21-5-7-26-20-4-3-14(9-19(20)21)22(23,24)25/h3-5,7,9-12,16H,6,8,13H2,1-2H3,(H,26,27). The van der Waals surface area contributed by atoms with Gasteiger partial charge < -0.3 is 19.7 Å². The Bertz CT molecular complexity index is 1060. The highest BCUT2D eigenvalue weighted by Crippen LogP contribution is 2.35. The number of benzene rings is 2. The summed E-state index contributed by atoms with van der Waals surface area (Å²) in [5, 5.41) is 3.58. The molecule has 1 atom stereocenters. The number of ether oxygens (including phenoxy) is 2. The molecule has 1 saturated heterocycles. The van der Waals surface area contributed by atoms with Gasteiger partial charge in [0, 0.05) is 54.2 Å². The molecular weight excluding hydrogens is 395 g/mol. The molecule has 0 aliphatic carbocycles. The first-order valence-corrected chi connectivity index (χ1v) is 9.59. The van der Waals surface area contributed by atoms with Crippen molar-refractivity contribution in [3.63, 3.8) is 0 Å². The number of hydrogen-bond acceptors (Lipinski definition) is 5. The molecule has 3 aromatic rings. The van der Waals surface area contributed by atoms with Gasteiger partial charge in [0.25, 0.3) is 0 Å². The van der Waals surface area contributed by atoms with Crippen LogP contribution in [0.2, 0.25) is 0 Å². The van der Waals surface area contributed by atoms with Crippen LogP contribution in [0.15, 0.2) is 48.7 Å². The molecule has 2 heterocycles. The summed E-state index contributed by atoms with van der Waals surface area (Å²) >= 11 is 0. The summed E-state index contributed by atoms with van der Waals surface area (Å²) in [5.74, 6) is 1.24. The van der Waals surface area contributed by atoms with Gasteiger partial charge in [0.05, 0.1) is 18.2 Å². The number of hydrogen-bond donors (Lipinski definition) is 1. The largest absolute Gasteiger partial charge is 0.497 e. The van der Waals surface area contributed by atoms with Crippen LogP contribution in [0.1, 0.15) is 12.0 Å². The molecule has 1 unspecified atom stereocenters. The number of anilines is 2. The Morgan fingerprint density at radius 3 is 2.60 bits per heavy atom. The summed E-state index contributed by atoms with van der Waals surface area (Å²) in [6.07, 6.45) is -1.84. The Kier molecular flexibility index (Phi) is 5.42. The van der Waals surface area contributed by atoms with E-state index >= 15 is 0 Å². The molecule has 1 N–H and O–H groups in total. The molecule has 0 radical (unpaired) electrons. The maximum absolute atomic E-state index is 13.2. The van der Waals surface area contributed by atoms with Crippen LogP contribution in [0.5, 0.6) is 11.5 Å². The lowest BCUT2D eigenvalue weighted by Gasteiger charge is -2.17. The molecule has 1 aliphatic rings. The molecule has 30 heavy (non-hydrogen) atoms. The third kappa shape index (κ3) is 4.43. The van der Waals surface area contributed by atoms with Gasteiger partial charge in [-0.1, -0.05) is 0 Å². The first kappa shape index (κ1) is 20.3. The van der Waals surface area contributed by atoms with E-state index in [1.54, 1.807) is 31.5 Å². The highest BCUT2D eigenvalue weighted by atomic mass is 19.4. The zero-order chi connectivity index (χ0) is 21.3. The third-order valence-electron chi connectivity index (χ3n) is 5.11. The number of pyridine rings is 1. The molecule has 1 aliphatic heterocycles. The second kappa shape index (κ2) is 8.02. The van der Waals surface area contributed by atoms with Crippen molar-refractivity contribution < 1.29 is 22.6 Å². The molecule has 1 aromatic heterocycles. The van der Waals surface area contributed by atoms with Crippen molar-refractivity contribution in [3.8, 4) is 11.5 Å². The van der Waals surface area contributed by atoms with Crippen LogP contribution in [-0.4, -0.2) is 43.2 Å². The number of likely N-dealkylation sites (N-methyl/N-ethyl adjacent to an activating group) is 1. The Labute approximate surface area is 172 Å². The van der Waals surface area contributed by atoms with E-state index in [9.17, 15) is 13.2 Å². The molecule has 0 saturated carbocycles. The predicted octanol–water partition coefficient (Wildman–Crippen LogP) is 5.09. The van der Waals surface area contributed by atoms with Gasteiger partial charge in [0.1, 0.15) is 17.6 Å². The van der Waals surface area contributed by atoms with Gasteiger partial charge in [-0.2, -0.15) is 13.2 Å². The number of methoxy groups -OCH3 is 1. The fraction of sp³-hybridized carbons (Fsp3) is 0.318. The predicted molar refractivity (Wildman–Crippen MR) is 110 cm³/mol. The minimum Gasteiger partial charge on any atom is -0.497 e. The number of likely N-dealkylation sites (tertiary alicyclic amines) is 1. The Hall–Kier alpha value is -3.00. The van der Waals surface area contributed by atoms with Crippen LogP contribution in [0.3, 0.4) is 0 Å². The van der Waals surface area contributed by atoms with Gasteiger partial charge in [-0.25, -0.2) is 0 Å². The van der Waals surface area contributed by atoms with Crippen LogP contribution in [-0.2, 0) is 6.18 Å². The highest BCUT2D eigenvalue weighted by Gasteiger charge is 2.30. The van der Waals surface area contributed by atoms with Crippen LogP contribution in [0, 0.1) is 0 Å².